The Morgan fingerprint density at radius 2 is 1.97 bits per heavy atom. The maximum Gasteiger partial charge on any atom is 0.356 e. The van der Waals surface area contributed by atoms with Crippen molar-refractivity contribution in [1.29, 1.82) is 0 Å². The van der Waals surface area contributed by atoms with Crippen molar-refractivity contribution in [2.75, 3.05) is 26.6 Å². The molecule has 0 bridgehead atoms. The molecule has 1 aliphatic rings. The lowest BCUT2D eigenvalue weighted by molar-refractivity contribution is 0.0594. The largest absolute Gasteiger partial charge is 0.497 e. The second-order valence-electron chi connectivity index (χ2n) is 6.52. The summed E-state index contributed by atoms with van der Waals surface area (Å²) in [4.78, 5) is 20.7. The summed E-state index contributed by atoms with van der Waals surface area (Å²) in [7, 11) is 4.58. The minimum Gasteiger partial charge on any atom is -0.497 e. The number of ether oxygens (including phenoxy) is 4. The Kier molecular flexibility index (Phi) is 5.18. The summed E-state index contributed by atoms with van der Waals surface area (Å²) in [6.45, 7) is 1.43. The number of anilines is 1. The molecule has 0 atom stereocenters. The van der Waals surface area contributed by atoms with Crippen molar-refractivity contribution < 1.29 is 23.7 Å². The molecule has 0 saturated heterocycles. The second kappa shape index (κ2) is 7.92. The van der Waals surface area contributed by atoms with Gasteiger partial charge in [-0.2, -0.15) is 0 Å². The minimum absolute atomic E-state index is 0.250. The average molecular weight is 395 g/mol. The van der Waals surface area contributed by atoms with Crippen LogP contribution in [-0.4, -0.2) is 37.3 Å². The Morgan fingerprint density at radius 1 is 1.14 bits per heavy atom. The van der Waals surface area contributed by atoms with E-state index in [2.05, 4.69) is 10.3 Å². The lowest BCUT2D eigenvalue weighted by Crippen LogP contribution is -2.08. The van der Waals surface area contributed by atoms with Crippen LogP contribution in [0, 0.1) is 0 Å². The first kappa shape index (κ1) is 18.9. The molecule has 0 spiro atoms. The Morgan fingerprint density at radius 3 is 2.72 bits per heavy atom. The highest BCUT2D eigenvalue weighted by Crippen LogP contribution is 2.33. The van der Waals surface area contributed by atoms with Crippen molar-refractivity contribution >= 4 is 22.7 Å². The van der Waals surface area contributed by atoms with Gasteiger partial charge in [0.1, 0.15) is 23.0 Å². The van der Waals surface area contributed by atoms with E-state index in [0.29, 0.717) is 25.3 Å². The van der Waals surface area contributed by atoms with Gasteiger partial charge in [-0.15, -0.1) is 0 Å². The van der Waals surface area contributed by atoms with Crippen LogP contribution in [0.15, 0.2) is 30.5 Å². The lowest BCUT2D eigenvalue weighted by Gasteiger charge is -2.14. The zero-order chi connectivity index (χ0) is 20.4. The molecular weight excluding hydrogens is 374 g/mol. The Labute approximate surface area is 167 Å². The van der Waals surface area contributed by atoms with E-state index < -0.39 is 5.97 Å². The van der Waals surface area contributed by atoms with Gasteiger partial charge in [-0.25, -0.2) is 14.8 Å². The summed E-state index contributed by atoms with van der Waals surface area (Å²) in [5.74, 6) is 1.72. The molecule has 8 nitrogen and oxygen atoms in total. The summed E-state index contributed by atoms with van der Waals surface area (Å²) < 4.78 is 21.1. The van der Waals surface area contributed by atoms with Crippen molar-refractivity contribution in [3.63, 3.8) is 0 Å². The molecule has 0 unspecified atom stereocenters. The first-order valence-electron chi connectivity index (χ1n) is 9.07. The predicted molar refractivity (Wildman–Crippen MR) is 106 cm³/mol. The van der Waals surface area contributed by atoms with Crippen LogP contribution in [0.3, 0.4) is 0 Å². The van der Waals surface area contributed by atoms with E-state index in [9.17, 15) is 4.79 Å². The van der Waals surface area contributed by atoms with Gasteiger partial charge in [0.2, 0.25) is 0 Å². The van der Waals surface area contributed by atoms with Gasteiger partial charge in [-0.1, -0.05) is 0 Å². The van der Waals surface area contributed by atoms with Gasteiger partial charge < -0.3 is 24.3 Å². The quantitative estimate of drug-likeness (QED) is 0.637. The van der Waals surface area contributed by atoms with Crippen molar-refractivity contribution in [2.24, 2.45) is 0 Å². The average Bonchev–Trinajstić information content (AvgIpc) is 3.27. The first-order chi connectivity index (χ1) is 14.1. The fraction of sp³-hybridized carbons (Fsp3) is 0.286. The van der Waals surface area contributed by atoms with Gasteiger partial charge in [0.15, 0.2) is 0 Å². The molecule has 0 radical (unpaired) electrons. The van der Waals surface area contributed by atoms with E-state index in [1.165, 1.54) is 7.11 Å². The molecular formula is C21H21N3O5. The highest BCUT2D eigenvalue weighted by Gasteiger charge is 2.22. The maximum absolute atomic E-state index is 11.8. The molecule has 8 heteroatoms. The van der Waals surface area contributed by atoms with Crippen molar-refractivity contribution in [3.8, 4) is 11.5 Å². The maximum atomic E-state index is 11.8. The van der Waals surface area contributed by atoms with Crippen LogP contribution < -0.4 is 14.8 Å². The fourth-order valence-electron chi connectivity index (χ4n) is 3.39. The molecule has 3 aromatic rings. The number of esters is 1. The van der Waals surface area contributed by atoms with Crippen LogP contribution in [0.1, 0.15) is 27.2 Å². The summed E-state index contributed by atoms with van der Waals surface area (Å²) in [5.41, 5.74) is 3.89. The summed E-state index contributed by atoms with van der Waals surface area (Å²) in [5, 5.41) is 4.23. The third-order valence-corrected chi connectivity index (χ3v) is 4.92. The van der Waals surface area contributed by atoms with E-state index in [1.807, 2.05) is 18.2 Å². The fourth-order valence-corrected chi connectivity index (χ4v) is 3.39. The standard InChI is InChI=1S/C21H21N3O5/c1-26-13-5-4-12(19(6-13)27-2)8-23-20-16-11-29-10-15(16)14-7-17(21(25)28-3)22-9-18(14)24-20/h4-7,9H,8,10-11H2,1-3H3,(H,23,24). The van der Waals surface area contributed by atoms with E-state index in [-0.39, 0.29) is 5.69 Å². The number of pyridine rings is 2. The van der Waals surface area contributed by atoms with Gasteiger partial charge in [-0.3, -0.25) is 0 Å². The third kappa shape index (κ3) is 3.54. The number of carbonyl (C=O) groups is 1. The Hall–Kier alpha value is -3.39. The van der Waals surface area contributed by atoms with Crippen LogP contribution in [0.4, 0.5) is 5.82 Å². The van der Waals surface area contributed by atoms with E-state index in [0.717, 1.165) is 39.4 Å². The molecule has 3 heterocycles. The molecule has 29 heavy (non-hydrogen) atoms. The lowest BCUT2D eigenvalue weighted by atomic mass is 10.1. The number of carbonyl (C=O) groups excluding carboxylic acids is 1. The summed E-state index contributed by atoms with van der Waals surface area (Å²) in [6, 6.07) is 7.39. The number of nitrogens with one attached hydrogen (secondary N) is 1. The Balaban J connectivity index is 1.68. The van der Waals surface area contributed by atoms with Gasteiger partial charge in [-0.05, 0) is 23.8 Å². The van der Waals surface area contributed by atoms with Crippen molar-refractivity contribution in [3.05, 3.63) is 52.8 Å². The number of nitrogens with zero attached hydrogens (tertiary/aromatic N) is 2. The number of benzene rings is 1. The number of rotatable bonds is 6. The predicted octanol–water partition coefficient (Wildman–Crippen LogP) is 3.08. The topological polar surface area (TPSA) is 91.8 Å². The second-order valence-corrected chi connectivity index (χ2v) is 6.52. The van der Waals surface area contributed by atoms with Crippen LogP contribution in [-0.2, 0) is 29.2 Å². The molecule has 0 amide bonds. The summed E-state index contributed by atoms with van der Waals surface area (Å²) in [6.07, 6.45) is 1.58. The van der Waals surface area contributed by atoms with Crippen LogP contribution in [0.5, 0.6) is 11.5 Å². The molecule has 0 aliphatic carbocycles. The molecule has 150 valence electrons. The highest BCUT2D eigenvalue weighted by molar-refractivity contribution is 5.94. The minimum atomic E-state index is -0.478. The van der Waals surface area contributed by atoms with Crippen LogP contribution in [0.25, 0.3) is 10.9 Å². The number of hydrogen-bond donors (Lipinski definition) is 1. The number of methoxy groups -OCH3 is 3. The molecule has 2 aromatic heterocycles. The van der Waals surface area contributed by atoms with Crippen molar-refractivity contribution in [1.82, 2.24) is 9.97 Å². The van der Waals surface area contributed by atoms with Gasteiger partial charge in [0.25, 0.3) is 0 Å². The van der Waals surface area contributed by atoms with Gasteiger partial charge in [0, 0.05) is 29.1 Å². The van der Waals surface area contributed by atoms with E-state index in [1.54, 1.807) is 26.5 Å². The molecule has 0 fully saturated rings. The molecule has 0 saturated carbocycles. The van der Waals surface area contributed by atoms with Gasteiger partial charge in [0.05, 0.1) is 46.3 Å². The van der Waals surface area contributed by atoms with Crippen LogP contribution in [0.2, 0.25) is 0 Å². The monoisotopic (exact) mass is 395 g/mol. The van der Waals surface area contributed by atoms with Gasteiger partial charge >= 0.3 is 5.97 Å². The van der Waals surface area contributed by atoms with Crippen molar-refractivity contribution in [2.45, 2.75) is 19.8 Å². The molecule has 1 aromatic carbocycles. The molecule has 1 N–H and O–H groups in total. The smallest absolute Gasteiger partial charge is 0.356 e. The van der Waals surface area contributed by atoms with E-state index in [4.69, 9.17) is 23.9 Å². The first-order valence-corrected chi connectivity index (χ1v) is 9.07. The highest BCUT2D eigenvalue weighted by atomic mass is 16.5. The number of hydrogen-bond acceptors (Lipinski definition) is 8. The Bertz CT molecular complexity index is 1080. The van der Waals surface area contributed by atoms with Crippen LogP contribution >= 0.6 is 0 Å². The summed E-state index contributed by atoms with van der Waals surface area (Å²) >= 11 is 0. The normalized spacial score (nSPS) is 12.5. The third-order valence-electron chi connectivity index (χ3n) is 4.92. The number of fused-ring (bicyclic) bond motifs is 3. The number of aromatic nitrogens is 2. The van der Waals surface area contributed by atoms with E-state index >= 15 is 0 Å². The SMILES string of the molecule is COC(=O)c1cc2c3c(c(NCc4ccc(OC)cc4OC)nc2cn1)COC3. The zero-order valence-corrected chi connectivity index (χ0v) is 16.4. The molecule has 4 rings (SSSR count). The zero-order valence-electron chi connectivity index (χ0n) is 16.4. The molecule has 1 aliphatic heterocycles.